The summed E-state index contributed by atoms with van der Waals surface area (Å²) in [5.41, 5.74) is 4.01. The summed E-state index contributed by atoms with van der Waals surface area (Å²) in [6, 6.07) is 7.78. The number of H-pyrrole nitrogens is 1. The van der Waals surface area contributed by atoms with Crippen molar-refractivity contribution in [2.24, 2.45) is 0 Å². The lowest BCUT2D eigenvalue weighted by molar-refractivity contribution is 0.103. The molecule has 3 aromatic heterocycles. The number of benzene rings is 1. The van der Waals surface area contributed by atoms with Gasteiger partial charge in [-0.2, -0.15) is 5.10 Å². The van der Waals surface area contributed by atoms with Gasteiger partial charge in [-0.15, -0.1) is 11.3 Å². The van der Waals surface area contributed by atoms with E-state index in [1.54, 1.807) is 12.4 Å². The first kappa shape index (κ1) is 18.7. The number of fused-ring (bicyclic) bond motifs is 1. The SMILES string of the molecule is Cc1[nH]nc2ncc(N[C@@H](C)c3cccc(NC(=O)c4cnc(C5CC5)s4)c3)nc12. The Labute approximate surface area is 177 Å². The fraction of sp³-hybridized carbons (Fsp3) is 0.286. The van der Waals surface area contributed by atoms with Gasteiger partial charge < -0.3 is 10.6 Å². The monoisotopic (exact) mass is 419 g/mol. The zero-order valence-corrected chi connectivity index (χ0v) is 17.5. The predicted molar refractivity (Wildman–Crippen MR) is 117 cm³/mol. The second-order valence-corrected chi connectivity index (χ2v) is 8.62. The number of rotatable bonds is 6. The minimum Gasteiger partial charge on any atom is -0.362 e. The van der Waals surface area contributed by atoms with E-state index >= 15 is 0 Å². The van der Waals surface area contributed by atoms with Gasteiger partial charge in [-0.25, -0.2) is 15.0 Å². The van der Waals surface area contributed by atoms with Crippen LogP contribution in [0.25, 0.3) is 11.2 Å². The van der Waals surface area contributed by atoms with E-state index < -0.39 is 0 Å². The molecular weight excluding hydrogens is 398 g/mol. The molecule has 0 bridgehead atoms. The summed E-state index contributed by atoms with van der Waals surface area (Å²) in [6.45, 7) is 3.96. The lowest BCUT2D eigenvalue weighted by atomic mass is 10.1. The topological polar surface area (TPSA) is 108 Å². The Bertz CT molecular complexity index is 1230. The maximum atomic E-state index is 12.6. The van der Waals surface area contributed by atoms with Crippen molar-refractivity contribution in [1.29, 1.82) is 0 Å². The fourth-order valence-electron chi connectivity index (χ4n) is 3.27. The molecule has 4 aromatic rings. The van der Waals surface area contributed by atoms with Gasteiger partial charge in [0.2, 0.25) is 0 Å². The van der Waals surface area contributed by atoms with Crippen molar-refractivity contribution in [2.75, 3.05) is 10.6 Å². The zero-order chi connectivity index (χ0) is 20.7. The maximum Gasteiger partial charge on any atom is 0.267 e. The molecule has 1 aliphatic rings. The molecule has 1 saturated carbocycles. The molecule has 3 heterocycles. The Morgan fingerprint density at radius 2 is 2.13 bits per heavy atom. The second-order valence-electron chi connectivity index (χ2n) is 7.56. The number of nitrogens with zero attached hydrogens (tertiary/aromatic N) is 4. The van der Waals surface area contributed by atoms with Crippen LogP contribution in [0.2, 0.25) is 0 Å². The normalized spacial score (nSPS) is 14.6. The van der Waals surface area contributed by atoms with Crippen molar-refractivity contribution in [2.45, 2.75) is 38.6 Å². The molecule has 1 aliphatic carbocycles. The van der Waals surface area contributed by atoms with E-state index in [1.165, 1.54) is 24.2 Å². The minimum absolute atomic E-state index is 0.0225. The quantitative estimate of drug-likeness (QED) is 0.427. The van der Waals surface area contributed by atoms with Crippen molar-refractivity contribution in [3.63, 3.8) is 0 Å². The summed E-state index contributed by atoms with van der Waals surface area (Å²) in [7, 11) is 0. The van der Waals surface area contributed by atoms with Gasteiger partial charge >= 0.3 is 0 Å². The third-order valence-electron chi connectivity index (χ3n) is 5.12. The van der Waals surface area contributed by atoms with Crippen LogP contribution in [0.1, 0.15) is 57.7 Å². The van der Waals surface area contributed by atoms with E-state index in [9.17, 15) is 4.79 Å². The van der Waals surface area contributed by atoms with E-state index in [0.717, 1.165) is 27.5 Å². The minimum atomic E-state index is -0.121. The third-order valence-corrected chi connectivity index (χ3v) is 6.28. The number of amides is 1. The highest BCUT2D eigenvalue weighted by atomic mass is 32.1. The fourth-order valence-corrected chi connectivity index (χ4v) is 4.25. The molecule has 0 aliphatic heterocycles. The molecule has 1 atom stereocenters. The molecular formula is C21H21N7OS. The number of anilines is 2. The van der Waals surface area contributed by atoms with Crippen LogP contribution in [0.3, 0.4) is 0 Å². The molecule has 1 amide bonds. The number of nitrogens with one attached hydrogen (secondary N) is 3. The van der Waals surface area contributed by atoms with Gasteiger partial charge in [0.1, 0.15) is 16.2 Å². The van der Waals surface area contributed by atoms with Crippen LogP contribution in [0, 0.1) is 6.92 Å². The summed E-state index contributed by atoms with van der Waals surface area (Å²) in [5.74, 6) is 1.11. The summed E-state index contributed by atoms with van der Waals surface area (Å²) in [4.78, 5) is 26.5. The van der Waals surface area contributed by atoms with E-state index in [4.69, 9.17) is 0 Å². The lowest BCUT2D eigenvalue weighted by Gasteiger charge is -2.16. The Balaban J connectivity index is 1.29. The molecule has 8 nitrogen and oxygen atoms in total. The van der Waals surface area contributed by atoms with Crippen LogP contribution in [-0.2, 0) is 0 Å². The van der Waals surface area contributed by atoms with Crippen molar-refractivity contribution < 1.29 is 4.79 Å². The zero-order valence-electron chi connectivity index (χ0n) is 16.6. The van der Waals surface area contributed by atoms with Gasteiger partial charge in [0.15, 0.2) is 5.65 Å². The van der Waals surface area contributed by atoms with Gasteiger partial charge in [0.05, 0.1) is 29.1 Å². The van der Waals surface area contributed by atoms with E-state index in [-0.39, 0.29) is 11.9 Å². The van der Waals surface area contributed by atoms with Crippen LogP contribution < -0.4 is 10.6 Å². The second kappa shape index (κ2) is 7.49. The molecule has 30 heavy (non-hydrogen) atoms. The molecule has 0 unspecified atom stereocenters. The summed E-state index contributed by atoms with van der Waals surface area (Å²) < 4.78 is 0. The molecule has 1 fully saturated rings. The van der Waals surface area contributed by atoms with Gasteiger partial charge in [-0.05, 0) is 44.4 Å². The van der Waals surface area contributed by atoms with E-state index in [2.05, 4.69) is 35.8 Å². The highest BCUT2D eigenvalue weighted by Crippen LogP contribution is 2.41. The van der Waals surface area contributed by atoms with Crippen LogP contribution >= 0.6 is 11.3 Å². The highest BCUT2D eigenvalue weighted by molar-refractivity contribution is 7.13. The summed E-state index contributed by atoms with van der Waals surface area (Å²) in [5, 5.41) is 14.4. The Morgan fingerprint density at radius 1 is 1.27 bits per heavy atom. The van der Waals surface area contributed by atoms with Crippen molar-refractivity contribution >= 4 is 39.9 Å². The number of hydrogen-bond acceptors (Lipinski definition) is 7. The molecule has 3 N–H and O–H groups in total. The van der Waals surface area contributed by atoms with Crippen molar-refractivity contribution in [3.05, 3.63) is 57.8 Å². The number of aromatic amines is 1. The van der Waals surface area contributed by atoms with Crippen LogP contribution in [0.4, 0.5) is 11.5 Å². The first-order valence-corrected chi connectivity index (χ1v) is 10.7. The largest absolute Gasteiger partial charge is 0.362 e. The van der Waals surface area contributed by atoms with Gasteiger partial charge in [-0.3, -0.25) is 9.89 Å². The van der Waals surface area contributed by atoms with Crippen LogP contribution in [-0.4, -0.2) is 31.1 Å². The number of aromatic nitrogens is 5. The van der Waals surface area contributed by atoms with Crippen molar-refractivity contribution in [1.82, 2.24) is 25.1 Å². The molecule has 0 saturated heterocycles. The predicted octanol–water partition coefficient (Wildman–Crippen LogP) is 4.42. The Hall–Kier alpha value is -3.33. The van der Waals surface area contributed by atoms with Crippen LogP contribution in [0.15, 0.2) is 36.7 Å². The van der Waals surface area contributed by atoms with E-state index in [0.29, 0.717) is 22.3 Å². The molecule has 5 rings (SSSR count). The standard InChI is InChI=1S/C21H21N7OS/c1-11(24-17-10-22-19-18(26-17)12(2)27-28-19)14-4-3-5-15(8-14)25-20(29)16-9-23-21(30-16)13-6-7-13/h3-5,8-11,13H,6-7H2,1-2H3,(H,24,26)(H,25,29)(H,22,27,28)/t11-/m0/s1. The number of carbonyl (C=O) groups excluding carboxylic acids is 1. The first-order chi connectivity index (χ1) is 14.6. The summed E-state index contributed by atoms with van der Waals surface area (Å²) in [6.07, 6.45) is 5.71. The number of thiazole rings is 1. The molecule has 1 aromatic carbocycles. The van der Waals surface area contributed by atoms with Gasteiger partial charge in [0.25, 0.3) is 5.91 Å². The first-order valence-electron chi connectivity index (χ1n) is 9.88. The average molecular weight is 420 g/mol. The molecule has 152 valence electrons. The molecule has 0 spiro atoms. The lowest BCUT2D eigenvalue weighted by Crippen LogP contribution is -2.12. The highest BCUT2D eigenvalue weighted by Gasteiger charge is 2.27. The Morgan fingerprint density at radius 3 is 2.97 bits per heavy atom. The summed E-state index contributed by atoms with van der Waals surface area (Å²) >= 11 is 1.49. The maximum absolute atomic E-state index is 12.6. The van der Waals surface area contributed by atoms with Crippen molar-refractivity contribution in [3.8, 4) is 0 Å². The third kappa shape index (κ3) is 3.76. The number of hydrogen-bond donors (Lipinski definition) is 3. The average Bonchev–Trinajstić information content (AvgIpc) is 3.36. The number of aryl methyl sites for hydroxylation is 1. The molecule has 0 radical (unpaired) electrons. The van der Waals surface area contributed by atoms with Crippen LogP contribution in [0.5, 0.6) is 0 Å². The smallest absolute Gasteiger partial charge is 0.267 e. The molecule has 9 heteroatoms. The Kier molecular flexibility index (Phi) is 4.66. The van der Waals surface area contributed by atoms with E-state index in [1.807, 2.05) is 38.1 Å². The number of carbonyl (C=O) groups is 1. The van der Waals surface area contributed by atoms with Gasteiger partial charge in [-0.1, -0.05) is 12.1 Å². The van der Waals surface area contributed by atoms with Gasteiger partial charge in [0, 0.05) is 11.6 Å².